The van der Waals surface area contributed by atoms with Gasteiger partial charge in [0.25, 0.3) is 0 Å². The van der Waals surface area contributed by atoms with Crippen molar-refractivity contribution in [2.45, 2.75) is 13.8 Å². The predicted octanol–water partition coefficient (Wildman–Crippen LogP) is 3.09. The van der Waals surface area contributed by atoms with Gasteiger partial charge in [-0.25, -0.2) is 0 Å². The van der Waals surface area contributed by atoms with Crippen LogP contribution in [0, 0.1) is 13.8 Å². The summed E-state index contributed by atoms with van der Waals surface area (Å²) in [6.45, 7) is 3.84. The molecule has 0 amide bonds. The largest absolute Gasteiger partial charge is 0.508 e. The summed E-state index contributed by atoms with van der Waals surface area (Å²) in [4.78, 5) is 0. The second-order valence-electron chi connectivity index (χ2n) is 4.17. The minimum Gasteiger partial charge on any atom is -0.508 e. The fourth-order valence-electron chi connectivity index (χ4n) is 1.89. The Morgan fingerprint density at radius 2 is 1.24 bits per heavy atom. The average Bonchev–Trinajstić information content (AvgIpc) is 2.22. The second kappa shape index (κ2) is 4.01. The van der Waals surface area contributed by atoms with E-state index in [4.69, 9.17) is 0 Å². The molecule has 88 valence electrons. The molecule has 0 saturated carbocycles. The number of benzene rings is 2. The minimum atomic E-state index is 0.000367. The molecule has 2 aromatic carbocycles. The summed E-state index contributed by atoms with van der Waals surface area (Å²) in [7, 11) is 0. The molecule has 3 N–H and O–H groups in total. The molecule has 0 bridgehead atoms. The highest BCUT2D eigenvalue weighted by molar-refractivity contribution is 5.72. The summed E-state index contributed by atoms with van der Waals surface area (Å²) in [6.07, 6.45) is 0. The average molecular weight is 230 g/mol. The van der Waals surface area contributed by atoms with E-state index in [1.165, 1.54) is 6.07 Å². The molecule has 0 aliphatic carbocycles. The highest BCUT2D eigenvalue weighted by Gasteiger charge is 2.08. The molecule has 0 fully saturated rings. The Kier molecular flexibility index (Phi) is 2.68. The van der Waals surface area contributed by atoms with E-state index < -0.39 is 0 Å². The maximum atomic E-state index is 9.59. The maximum absolute atomic E-state index is 9.59. The molecule has 0 heterocycles. The van der Waals surface area contributed by atoms with Crippen LogP contribution < -0.4 is 0 Å². The van der Waals surface area contributed by atoms with Crippen LogP contribution in [0.25, 0.3) is 11.1 Å². The molecule has 17 heavy (non-hydrogen) atoms. The molecule has 0 saturated heterocycles. The Labute approximate surface area is 99.6 Å². The molecule has 0 aliphatic rings. The summed E-state index contributed by atoms with van der Waals surface area (Å²) in [5.41, 5.74) is 3.45. The van der Waals surface area contributed by atoms with Gasteiger partial charge in [-0.2, -0.15) is 0 Å². The summed E-state index contributed by atoms with van der Waals surface area (Å²) in [5.74, 6) is 0.173. The van der Waals surface area contributed by atoms with Gasteiger partial charge in [0.2, 0.25) is 0 Å². The van der Waals surface area contributed by atoms with Gasteiger partial charge in [-0.3, -0.25) is 0 Å². The van der Waals surface area contributed by atoms with E-state index in [9.17, 15) is 15.3 Å². The Balaban J connectivity index is 2.67. The van der Waals surface area contributed by atoms with E-state index in [0.717, 1.165) is 16.7 Å². The maximum Gasteiger partial charge on any atom is 0.119 e. The first-order chi connectivity index (χ1) is 7.97. The Hall–Kier alpha value is -2.16. The normalized spacial score (nSPS) is 10.5. The monoisotopic (exact) mass is 230 g/mol. The third-order valence-electron chi connectivity index (χ3n) is 2.87. The van der Waals surface area contributed by atoms with Crippen molar-refractivity contribution in [2.24, 2.45) is 0 Å². The molecular formula is C14H14O3. The molecule has 3 heteroatoms. The van der Waals surface area contributed by atoms with Crippen LogP contribution in [0.5, 0.6) is 17.2 Å². The highest BCUT2D eigenvalue weighted by atomic mass is 16.3. The Bertz CT molecular complexity index is 554. The van der Waals surface area contributed by atoms with Crippen LogP contribution in [0.2, 0.25) is 0 Å². The van der Waals surface area contributed by atoms with Crippen molar-refractivity contribution in [3.8, 4) is 28.4 Å². The van der Waals surface area contributed by atoms with Crippen molar-refractivity contribution in [3.05, 3.63) is 41.5 Å². The van der Waals surface area contributed by atoms with E-state index in [2.05, 4.69) is 0 Å². The number of aromatic hydroxyl groups is 3. The lowest BCUT2D eigenvalue weighted by atomic mass is 9.96. The number of phenolic OH excluding ortho intramolecular Hbond substituents is 3. The van der Waals surface area contributed by atoms with E-state index in [0.29, 0.717) is 5.56 Å². The van der Waals surface area contributed by atoms with Gasteiger partial charge in [-0.05, 0) is 60.4 Å². The van der Waals surface area contributed by atoms with Gasteiger partial charge in [-0.1, -0.05) is 0 Å². The van der Waals surface area contributed by atoms with Crippen molar-refractivity contribution in [3.63, 3.8) is 0 Å². The molecule has 0 aromatic heterocycles. The molecule has 0 atom stereocenters. The molecule has 2 aromatic rings. The topological polar surface area (TPSA) is 60.7 Å². The lowest BCUT2D eigenvalue weighted by Gasteiger charge is -2.10. The first kappa shape index (κ1) is 11.3. The van der Waals surface area contributed by atoms with Gasteiger partial charge in [0, 0.05) is 6.07 Å². The van der Waals surface area contributed by atoms with Crippen LogP contribution in [0.1, 0.15) is 11.1 Å². The summed E-state index contributed by atoms with van der Waals surface area (Å²) < 4.78 is 0. The van der Waals surface area contributed by atoms with Gasteiger partial charge in [0.05, 0.1) is 0 Å². The molecule has 0 spiro atoms. The fourth-order valence-corrected chi connectivity index (χ4v) is 1.89. The highest BCUT2D eigenvalue weighted by Crippen LogP contribution is 2.33. The predicted molar refractivity (Wildman–Crippen MR) is 66.3 cm³/mol. The molecule has 0 unspecified atom stereocenters. The van der Waals surface area contributed by atoms with Gasteiger partial charge in [0.1, 0.15) is 17.2 Å². The SMILES string of the molecule is Cc1cc(O)cc(-c2cc(O)cc(O)c2)c1C. The van der Waals surface area contributed by atoms with Crippen molar-refractivity contribution >= 4 is 0 Å². The van der Waals surface area contributed by atoms with E-state index >= 15 is 0 Å². The number of hydrogen-bond donors (Lipinski definition) is 3. The third-order valence-corrected chi connectivity index (χ3v) is 2.87. The van der Waals surface area contributed by atoms with Crippen molar-refractivity contribution in [2.75, 3.05) is 0 Å². The van der Waals surface area contributed by atoms with Crippen LogP contribution in [0.4, 0.5) is 0 Å². The van der Waals surface area contributed by atoms with Gasteiger partial charge >= 0.3 is 0 Å². The Morgan fingerprint density at radius 3 is 1.82 bits per heavy atom. The lowest BCUT2D eigenvalue weighted by molar-refractivity contribution is 0.451. The molecule has 2 rings (SSSR count). The molecule has 0 radical (unpaired) electrons. The fraction of sp³-hybridized carbons (Fsp3) is 0.143. The number of hydrogen-bond acceptors (Lipinski definition) is 3. The van der Waals surface area contributed by atoms with Crippen LogP contribution in [-0.2, 0) is 0 Å². The smallest absolute Gasteiger partial charge is 0.119 e. The third kappa shape index (κ3) is 2.18. The minimum absolute atomic E-state index is 0.000367. The second-order valence-corrected chi connectivity index (χ2v) is 4.17. The molecule has 0 aliphatic heterocycles. The van der Waals surface area contributed by atoms with Crippen molar-refractivity contribution < 1.29 is 15.3 Å². The summed E-state index contributed by atoms with van der Waals surface area (Å²) >= 11 is 0. The van der Waals surface area contributed by atoms with E-state index in [-0.39, 0.29) is 17.2 Å². The van der Waals surface area contributed by atoms with E-state index in [1.54, 1.807) is 24.3 Å². The zero-order valence-electron chi connectivity index (χ0n) is 9.73. The number of phenols is 3. The standard InChI is InChI=1S/C14H14O3/c1-8-3-11(15)7-14(9(8)2)10-4-12(16)6-13(17)5-10/h3-7,15-17H,1-2H3. The number of aryl methyl sites for hydroxylation is 1. The summed E-state index contributed by atoms with van der Waals surface area (Å²) in [5, 5.41) is 28.5. The quantitative estimate of drug-likeness (QED) is 0.705. The first-order valence-electron chi connectivity index (χ1n) is 5.31. The molecule has 3 nitrogen and oxygen atoms in total. The van der Waals surface area contributed by atoms with Crippen LogP contribution >= 0.6 is 0 Å². The van der Waals surface area contributed by atoms with E-state index in [1.807, 2.05) is 13.8 Å². The summed E-state index contributed by atoms with van der Waals surface area (Å²) in [6, 6.07) is 7.69. The van der Waals surface area contributed by atoms with Crippen molar-refractivity contribution in [1.29, 1.82) is 0 Å². The Morgan fingerprint density at radius 1 is 0.706 bits per heavy atom. The van der Waals surface area contributed by atoms with Gasteiger partial charge < -0.3 is 15.3 Å². The first-order valence-corrected chi connectivity index (χ1v) is 5.31. The zero-order valence-corrected chi connectivity index (χ0v) is 9.73. The van der Waals surface area contributed by atoms with Crippen molar-refractivity contribution in [1.82, 2.24) is 0 Å². The zero-order chi connectivity index (χ0) is 12.6. The van der Waals surface area contributed by atoms with Crippen LogP contribution in [0.15, 0.2) is 30.3 Å². The number of rotatable bonds is 1. The van der Waals surface area contributed by atoms with Crippen LogP contribution in [-0.4, -0.2) is 15.3 Å². The van der Waals surface area contributed by atoms with Gasteiger partial charge in [0.15, 0.2) is 0 Å². The molecular weight excluding hydrogens is 216 g/mol. The van der Waals surface area contributed by atoms with Crippen LogP contribution in [0.3, 0.4) is 0 Å². The lowest BCUT2D eigenvalue weighted by Crippen LogP contribution is -1.87. The van der Waals surface area contributed by atoms with Gasteiger partial charge in [-0.15, -0.1) is 0 Å².